The number of nitrogens with zero attached hydrogens (tertiary/aromatic N) is 1. The molecule has 3 rings (SSSR count). The van der Waals surface area contributed by atoms with E-state index in [1.54, 1.807) is 26.4 Å². The van der Waals surface area contributed by atoms with E-state index in [0.29, 0.717) is 5.52 Å². The number of rotatable bonds is 4. The van der Waals surface area contributed by atoms with Crippen LogP contribution in [0.4, 0.5) is 0 Å². The van der Waals surface area contributed by atoms with Gasteiger partial charge in [-0.15, -0.1) is 0 Å². The third-order valence-electron chi connectivity index (χ3n) is 3.54. The first-order chi connectivity index (χ1) is 11.2. The van der Waals surface area contributed by atoms with Crippen molar-refractivity contribution in [2.45, 2.75) is 0 Å². The molecule has 4 heteroatoms. The highest BCUT2D eigenvalue weighted by molar-refractivity contribution is 5.85. The number of aromatic nitrogens is 1. The van der Waals surface area contributed by atoms with Gasteiger partial charge in [-0.05, 0) is 35.9 Å². The molecule has 0 fully saturated rings. The summed E-state index contributed by atoms with van der Waals surface area (Å²) in [6.45, 7) is 0. The van der Waals surface area contributed by atoms with E-state index in [9.17, 15) is 5.11 Å². The first kappa shape index (κ1) is 14.9. The fourth-order valence-corrected chi connectivity index (χ4v) is 2.35. The number of hydrogen-bond acceptors (Lipinski definition) is 4. The van der Waals surface area contributed by atoms with Gasteiger partial charge in [-0.3, -0.25) is 0 Å². The fourth-order valence-electron chi connectivity index (χ4n) is 2.35. The van der Waals surface area contributed by atoms with Gasteiger partial charge in [0.15, 0.2) is 0 Å². The zero-order valence-electron chi connectivity index (χ0n) is 13.0. The van der Waals surface area contributed by atoms with Crippen LogP contribution in [0.3, 0.4) is 0 Å². The molecule has 4 nitrogen and oxygen atoms in total. The average molecular weight is 307 g/mol. The molecular weight excluding hydrogens is 290 g/mol. The molecule has 0 unspecified atom stereocenters. The number of hydrogen-bond donors (Lipinski definition) is 1. The third-order valence-corrected chi connectivity index (χ3v) is 3.54. The van der Waals surface area contributed by atoms with Crippen LogP contribution in [0.1, 0.15) is 11.3 Å². The van der Waals surface area contributed by atoms with E-state index in [2.05, 4.69) is 4.98 Å². The zero-order chi connectivity index (χ0) is 16.2. The maximum atomic E-state index is 9.90. The number of pyridine rings is 1. The highest BCUT2D eigenvalue weighted by Gasteiger charge is 2.02. The van der Waals surface area contributed by atoms with Crippen molar-refractivity contribution in [3.63, 3.8) is 0 Å². The lowest BCUT2D eigenvalue weighted by Crippen LogP contribution is -1.88. The quantitative estimate of drug-likeness (QED) is 0.787. The molecular formula is C19H17NO3. The highest BCUT2D eigenvalue weighted by Crippen LogP contribution is 2.25. The Kier molecular flexibility index (Phi) is 4.15. The van der Waals surface area contributed by atoms with Crippen molar-refractivity contribution in [2.24, 2.45) is 0 Å². The number of phenolic OH excluding ortho intramolecular Hbond substituents is 1. The smallest absolute Gasteiger partial charge is 0.141 e. The Balaban J connectivity index is 1.95. The van der Waals surface area contributed by atoms with Crippen LogP contribution in [0, 0.1) is 0 Å². The Bertz CT molecular complexity index is 849. The maximum Gasteiger partial charge on any atom is 0.141 e. The van der Waals surface area contributed by atoms with E-state index in [1.807, 2.05) is 48.6 Å². The van der Waals surface area contributed by atoms with Gasteiger partial charge in [-0.25, -0.2) is 4.98 Å². The van der Waals surface area contributed by atoms with Crippen molar-refractivity contribution in [1.29, 1.82) is 0 Å². The lowest BCUT2D eigenvalue weighted by atomic mass is 10.1. The second-order valence-corrected chi connectivity index (χ2v) is 5.06. The summed E-state index contributed by atoms with van der Waals surface area (Å²) >= 11 is 0. The summed E-state index contributed by atoms with van der Waals surface area (Å²) in [7, 11) is 3.24. The minimum absolute atomic E-state index is 0.181. The number of benzene rings is 2. The minimum Gasteiger partial charge on any atom is -0.506 e. The van der Waals surface area contributed by atoms with Crippen molar-refractivity contribution in [3.8, 4) is 17.2 Å². The van der Waals surface area contributed by atoms with Crippen LogP contribution in [-0.2, 0) is 0 Å². The predicted molar refractivity (Wildman–Crippen MR) is 91.9 cm³/mol. The summed E-state index contributed by atoms with van der Waals surface area (Å²) < 4.78 is 10.5. The lowest BCUT2D eigenvalue weighted by Gasteiger charge is -2.06. The van der Waals surface area contributed by atoms with Crippen molar-refractivity contribution in [1.82, 2.24) is 4.98 Å². The first-order valence-electron chi connectivity index (χ1n) is 7.19. The van der Waals surface area contributed by atoms with Gasteiger partial charge >= 0.3 is 0 Å². The SMILES string of the molecule is COc1cc(C=Cc2ccc3cccc(O)c3n2)cc(OC)c1. The molecule has 1 N–H and O–H groups in total. The molecule has 0 saturated carbocycles. The first-order valence-corrected chi connectivity index (χ1v) is 7.19. The molecule has 116 valence electrons. The standard InChI is InChI=1S/C19H17NO3/c1-22-16-10-13(11-17(12-16)23-2)6-8-15-9-7-14-4-3-5-18(21)19(14)20-15/h3-12,21H,1-2H3. The summed E-state index contributed by atoms with van der Waals surface area (Å²) in [5, 5.41) is 10.8. The normalized spacial score (nSPS) is 11.0. The van der Waals surface area contributed by atoms with Gasteiger partial charge in [0.1, 0.15) is 22.8 Å². The highest BCUT2D eigenvalue weighted by atomic mass is 16.5. The van der Waals surface area contributed by atoms with E-state index in [-0.39, 0.29) is 5.75 Å². The van der Waals surface area contributed by atoms with E-state index < -0.39 is 0 Å². The molecule has 1 heterocycles. The van der Waals surface area contributed by atoms with Crippen molar-refractivity contribution < 1.29 is 14.6 Å². The Morgan fingerprint density at radius 1 is 0.913 bits per heavy atom. The number of para-hydroxylation sites is 1. The molecule has 0 spiro atoms. The molecule has 0 aliphatic carbocycles. The van der Waals surface area contributed by atoms with Crippen molar-refractivity contribution in [3.05, 3.63) is 59.8 Å². The monoisotopic (exact) mass is 307 g/mol. The average Bonchev–Trinajstić information content (AvgIpc) is 2.60. The zero-order valence-corrected chi connectivity index (χ0v) is 13.0. The largest absolute Gasteiger partial charge is 0.506 e. The second-order valence-electron chi connectivity index (χ2n) is 5.06. The van der Waals surface area contributed by atoms with Crippen LogP contribution in [0.2, 0.25) is 0 Å². The van der Waals surface area contributed by atoms with Crippen LogP contribution in [-0.4, -0.2) is 24.3 Å². The third kappa shape index (κ3) is 3.26. The molecule has 2 aromatic carbocycles. The van der Waals surface area contributed by atoms with E-state index >= 15 is 0 Å². The van der Waals surface area contributed by atoms with Crippen LogP contribution >= 0.6 is 0 Å². The van der Waals surface area contributed by atoms with Gasteiger partial charge in [0.05, 0.1) is 19.9 Å². The maximum absolute atomic E-state index is 9.90. The van der Waals surface area contributed by atoms with Gasteiger partial charge in [0.25, 0.3) is 0 Å². The topological polar surface area (TPSA) is 51.6 Å². The Morgan fingerprint density at radius 3 is 2.35 bits per heavy atom. The Hall–Kier alpha value is -3.01. The molecule has 0 saturated heterocycles. The van der Waals surface area contributed by atoms with E-state index in [4.69, 9.17) is 9.47 Å². The summed E-state index contributed by atoms with van der Waals surface area (Å²) in [5.74, 6) is 1.64. The van der Waals surface area contributed by atoms with Crippen molar-refractivity contribution in [2.75, 3.05) is 14.2 Å². The van der Waals surface area contributed by atoms with E-state index in [1.165, 1.54) is 0 Å². The number of ether oxygens (including phenoxy) is 2. The number of phenols is 1. The molecule has 0 aliphatic rings. The molecule has 1 aromatic heterocycles. The van der Waals surface area contributed by atoms with Crippen LogP contribution in [0.25, 0.3) is 23.1 Å². The molecule has 3 aromatic rings. The summed E-state index contributed by atoms with van der Waals surface area (Å²) in [4.78, 5) is 4.48. The molecule has 0 aliphatic heterocycles. The summed E-state index contributed by atoms with van der Waals surface area (Å²) in [6.07, 6.45) is 3.82. The van der Waals surface area contributed by atoms with Gasteiger partial charge in [-0.2, -0.15) is 0 Å². The van der Waals surface area contributed by atoms with Gasteiger partial charge < -0.3 is 14.6 Å². The van der Waals surface area contributed by atoms with Gasteiger partial charge in [0, 0.05) is 11.5 Å². The second kappa shape index (κ2) is 6.40. The van der Waals surface area contributed by atoms with Crippen LogP contribution in [0.15, 0.2) is 48.5 Å². The number of fused-ring (bicyclic) bond motifs is 1. The van der Waals surface area contributed by atoms with Crippen LogP contribution < -0.4 is 9.47 Å². The molecule has 23 heavy (non-hydrogen) atoms. The summed E-state index contributed by atoms with van der Waals surface area (Å²) in [5.41, 5.74) is 2.30. The van der Waals surface area contributed by atoms with Gasteiger partial charge in [0.2, 0.25) is 0 Å². The minimum atomic E-state index is 0.181. The van der Waals surface area contributed by atoms with Crippen LogP contribution in [0.5, 0.6) is 17.2 Å². The number of methoxy groups -OCH3 is 2. The Morgan fingerprint density at radius 2 is 1.65 bits per heavy atom. The lowest BCUT2D eigenvalue weighted by molar-refractivity contribution is 0.394. The molecule has 0 atom stereocenters. The predicted octanol–water partition coefficient (Wildman–Crippen LogP) is 4.13. The fraction of sp³-hybridized carbons (Fsp3) is 0.105. The van der Waals surface area contributed by atoms with Gasteiger partial charge in [-0.1, -0.05) is 24.3 Å². The summed E-state index contributed by atoms with van der Waals surface area (Å²) in [6, 6.07) is 14.9. The van der Waals surface area contributed by atoms with E-state index in [0.717, 1.165) is 28.1 Å². The van der Waals surface area contributed by atoms with Crippen molar-refractivity contribution >= 4 is 23.1 Å². The molecule has 0 radical (unpaired) electrons. The molecule has 0 bridgehead atoms. The number of aromatic hydroxyl groups is 1. The molecule has 0 amide bonds. The Labute approximate surface area is 134 Å².